The van der Waals surface area contributed by atoms with Crippen molar-refractivity contribution < 1.29 is 14.3 Å². The molecule has 0 radical (unpaired) electrons. The Morgan fingerprint density at radius 1 is 1.17 bits per heavy atom. The van der Waals surface area contributed by atoms with E-state index in [1.165, 1.54) is 7.05 Å². The first-order chi connectivity index (χ1) is 8.21. The molecule has 6 heteroatoms. The van der Waals surface area contributed by atoms with Crippen LogP contribution < -0.4 is 16.0 Å². The highest BCUT2D eigenvalue weighted by atomic mass is 16.5. The minimum absolute atomic E-state index is 0.144. The summed E-state index contributed by atoms with van der Waals surface area (Å²) in [5.74, 6) is -0.500. The first kappa shape index (κ1) is 16.9. The van der Waals surface area contributed by atoms with Crippen molar-refractivity contribution in [3.05, 3.63) is 0 Å². The van der Waals surface area contributed by atoms with Gasteiger partial charge in [-0.2, -0.15) is 0 Å². The van der Waals surface area contributed by atoms with E-state index >= 15 is 0 Å². The summed E-state index contributed by atoms with van der Waals surface area (Å²) in [4.78, 5) is 23.4. The predicted octanol–water partition coefficient (Wildman–Crippen LogP) is -0.360. The highest BCUT2D eigenvalue weighted by Gasteiger charge is 2.24. The van der Waals surface area contributed by atoms with Gasteiger partial charge in [0, 0.05) is 7.05 Å². The summed E-state index contributed by atoms with van der Waals surface area (Å²) < 4.78 is 5.53. The molecule has 0 aromatic rings. The molecule has 0 aromatic heterocycles. The van der Waals surface area contributed by atoms with Crippen molar-refractivity contribution in [1.82, 2.24) is 16.0 Å². The van der Waals surface area contributed by atoms with E-state index in [0.29, 0.717) is 0 Å². The normalized spacial score (nSPS) is 14.8. The summed E-state index contributed by atoms with van der Waals surface area (Å²) in [6, 6.07) is -1.04. The molecule has 0 aliphatic carbocycles. The van der Waals surface area contributed by atoms with Gasteiger partial charge in [-0.25, -0.2) is 0 Å². The van der Waals surface area contributed by atoms with Gasteiger partial charge in [0.05, 0.1) is 18.2 Å². The molecular formula is C12H25N3O3. The van der Waals surface area contributed by atoms with Gasteiger partial charge in [0.1, 0.15) is 6.04 Å². The smallest absolute Gasteiger partial charge is 0.244 e. The molecule has 2 amide bonds. The number of likely N-dealkylation sites (N-methyl/N-ethyl adjacent to an activating group) is 2. The molecule has 0 heterocycles. The van der Waals surface area contributed by atoms with E-state index in [-0.39, 0.29) is 30.1 Å². The van der Waals surface area contributed by atoms with Crippen LogP contribution >= 0.6 is 0 Å². The fourth-order valence-electron chi connectivity index (χ4n) is 1.12. The molecule has 6 nitrogen and oxygen atoms in total. The largest absolute Gasteiger partial charge is 0.373 e. The van der Waals surface area contributed by atoms with E-state index in [4.69, 9.17) is 4.74 Å². The van der Waals surface area contributed by atoms with Gasteiger partial charge in [0.2, 0.25) is 11.8 Å². The minimum Gasteiger partial charge on any atom is -0.373 e. The zero-order valence-corrected chi connectivity index (χ0v) is 12.1. The van der Waals surface area contributed by atoms with E-state index in [9.17, 15) is 9.59 Å². The lowest BCUT2D eigenvalue weighted by Gasteiger charge is -2.25. The first-order valence-electron chi connectivity index (χ1n) is 6.04. The second kappa shape index (κ2) is 7.33. The highest BCUT2D eigenvalue weighted by molar-refractivity contribution is 5.89. The molecule has 0 aromatic carbocycles. The first-order valence-corrected chi connectivity index (χ1v) is 6.04. The van der Waals surface area contributed by atoms with Crippen LogP contribution in [0.4, 0.5) is 0 Å². The van der Waals surface area contributed by atoms with Crippen LogP contribution in [0.5, 0.6) is 0 Å². The Morgan fingerprint density at radius 3 is 2.11 bits per heavy atom. The van der Waals surface area contributed by atoms with Gasteiger partial charge in [0.25, 0.3) is 0 Å². The Labute approximate surface area is 109 Å². The quantitative estimate of drug-likeness (QED) is 0.608. The monoisotopic (exact) mass is 259 g/mol. The van der Waals surface area contributed by atoms with Crippen LogP contribution in [-0.2, 0) is 14.3 Å². The third-order valence-electron chi connectivity index (χ3n) is 2.39. The van der Waals surface area contributed by atoms with Gasteiger partial charge < -0.3 is 20.7 Å². The highest BCUT2D eigenvalue weighted by Crippen LogP contribution is 2.07. The molecule has 0 saturated heterocycles. The van der Waals surface area contributed by atoms with Crippen LogP contribution in [0, 0.1) is 0 Å². The van der Waals surface area contributed by atoms with Crippen LogP contribution in [0.15, 0.2) is 0 Å². The summed E-state index contributed by atoms with van der Waals surface area (Å²) in [5, 5.41) is 7.98. The number of carbonyl (C=O) groups excluding carboxylic acids is 2. The third kappa shape index (κ3) is 6.56. The van der Waals surface area contributed by atoms with Crippen molar-refractivity contribution in [2.75, 3.05) is 20.7 Å². The Bertz CT molecular complexity index is 287. The van der Waals surface area contributed by atoms with Gasteiger partial charge in [-0.05, 0) is 34.7 Å². The van der Waals surface area contributed by atoms with Gasteiger partial charge in [0.15, 0.2) is 0 Å². The molecule has 0 rings (SSSR count). The van der Waals surface area contributed by atoms with Crippen LogP contribution in [0.1, 0.15) is 27.7 Å². The summed E-state index contributed by atoms with van der Waals surface area (Å²) in [6.07, 6.45) is 0. The Kier molecular flexibility index (Phi) is 6.86. The maximum atomic E-state index is 11.7. The fraction of sp³-hybridized carbons (Fsp3) is 0.833. The van der Waals surface area contributed by atoms with E-state index in [2.05, 4.69) is 16.0 Å². The standard InChI is InChI=1S/C12H25N3O3/c1-8(13-5)10(16)15-9(11(17)14-6)7-18-12(2,3)4/h8-9,13H,7H2,1-6H3,(H,14,17)(H,15,16)/t8-,9-/m0/s1. The maximum Gasteiger partial charge on any atom is 0.244 e. The molecule has 2 atom stereocenters. The average molecular weight is 259 g/mol. The molecule has 3 N–H and O–H groups in total. The van der Waals surface area contributed by atoms with Crippen LogP contribution in [0.2, 0.25) is 0 Å². The number of rotatable bonds is 6. The van der Waals surface area contributed by atoms with Gasteiger partial charge in [-0.1, -0.05) is 0 Å². The van der Waals surface area contributed by atoms with Crippen molar-refractivity contribution in [1.29, 1.82) is 0 Å². The van der Waals surface area contributed by atoms with E-state index in [0.717, 1.165) is 0 Å². The van der Waals surface area contributed by atoms with Gasteiger partial charge in [-0.15, -0.1) is 0 Å². The lowest BCUT2D eigenvalue weighted by molar-refractivity contribution is -0.132. The molecular weight excluding hydrogens is 234 g/mol. The average Bonchev–Trinajstić information content (AvgIpc) is 2.30. The predicted molar refractivity (Wildman–Crippen MR) is 70.2 cm³/mol. The van der Waals surface area contributed by atoms with Crippen LogP contribution in [0.3, 0.4) is 0 Å². The number of carbonyl (C=O) groups is 2. The van der Waals surface area contributed by atoms with Crippen molar-refractivity contribution in [3.63, 3.8) is 0 Å². The summed E-state index contributed by atoms with van der Waals surface area (Å²) in [7, 11) is 3.21. The topological polar surface area (TPSA) is 79.5 Å². The SMILES string of the molecule is CNC(=O)[C@H](COC(C)(C)C)NC(=O)[C@H](C)NC. The number of hydrogen-bond acceptors (Lipinski definition) is 4. The van der Waals surface area contributed by atoms with E-state index < -0.39 is 6.04 Å². The van der Waals surface area contributed by atoms with Crippen LogP contribution in [-0.4, -0.2) is 50.2 Å². The Hall–Kier alpha value is -1.14. The molecule has 18 heavy (non-hydrogen) atoms. The third-order valence-corrected chi connectivity index (χ3v) is 2.39. The van der Waals surface area contributed by atoms with Gasteiger partial charge in [-0.3, -0.25) is 9.59 Å². The Morgan fingerprint density at radius 2 is 1.72 bits per heavy atom. The lowest BCUT2D eigenvalue weighted by atomic mass is 10.2. The molecule has 0 spiro atoms. The molecule has 0 fully saturated rings. The maximum absolute atomic E-state index is 11.7. The molecule has 0 unspecified atom stereocenters. The van der Waals surface area contributed by atoms with Gasteiger partial charge >= 0.3 is 0 Å². The van der Waals surface area contributed by atoms with Crippen molar-refractivity contribution in [2.24, 2.45) is 0 Å². The Balaban J connectivity index is 4.51. The minimum atomic E-state index is -0.683. The summed E-state index contributed by atoms with van der Waals surface area (Å²) >= 11 is 0. The second-order valence-electron chi connectivity index (χ2n) is 5.11. The molecule has 106 valence electrons. The van der Waals surface area contributed by atoms with Crippen molar-refractivity contribution in [3.8, 4) is 0 Å². The summed E-state index contributed by atoms with van der Waals surface area (Å²) in [6.45, 7) is 7.55. The number of amides is 2. The zero-order chi connectivity index (χ0) is 14.3. The van der Waals surface area contributed by atoms with Crippen molar-refractivity contribution in [2.45, 2.75) is 45.4 Å². The molecule has 0 saturated carbocycles. The van der Waals surface area contributed by atoms with Crippen LogP contribution in [0.25, 0.3) is 0 Å². The zero-order valence-electron chi connectivity index (χ0n) is 12.1. The second-order valence-corrected chi connectivity index (χ2v) is 5.11. The van der Waals surface area contributed by atoms with E-state index in [1.807, 2.05) is 20.8 Å². The number of nitrogens with one attached hydrogen (secondary N) is 3. The van der Waals surface area contributed by atoms with Crippen molar-refractivity contribution >= 4 is 11.8 Å². The number of hydrogen-bond donors (Lipinski definition) is 3. The van der Waals surface area contributed by atoms with E-state index in [1.54, 1.807) is 14.0 Å². The summed E-state index contributed by atoms with van der Waals surface area (Å²) in [5.41, 5.74) is -0.356. The molecule has 0 bridgehead atoms. The fourth-order valence-corrected chi connectivity index (χ4v) is 1.12. The molecule has 0 aliphatic heterocycles. The molecule has 0 aliphatic rings. The number of ether oxygens (including phenoxy) is 1. The lowest BCUT2D eigenvalue weighted by Crippen LogP contribution is -2.53.